The smallest absolute Gasteiger partial charge is 0.245 e. The fourth-order valence-corrected chi connectivity index (χ4v) is 4.44. The Balaban J connectivity index is 2.33. The second-order valence-electron chi connectivity index (χ2n) is 4.87. The number of benzene rings is 1. The Hall–Kier alpha value is -0.870. The van der Waals surface area contributed by atoms with Crippen molar-refractivity contribution in [2.75, 3.05) is 13.1 Å². The lowest BCUT2D eigenvalue weighted by Crippen LogP contribution is -2.33. The van der Waals surface area contributed by atoms with E-state index in [1.807, 2.05) is 0 Å². The van der Waals surface area contributed by atoms with E-state index in [4.69, 9.17) is 11.5 Å². The van der Waals surface area contributed by atoms with Crippen molar-refractivity contribution in [1.29, 1.82) is 0 Å². The number of aliphatic hydroxyl groups excluding tert-OH is 1. The maximum Gasteiger partial charge on any atom is 0.245 e. The summed E-state index contributed by atoms with van der Waals surface area (Å²) < 4.78 is 27.1. The molecule has 20 heavy (non-hydrogen) atoms. The summed E-state index contributed by atoms with van der Waals surface area (Å²) >= 11 is 3.26. The number of aliphatic hydroxyl groups is 1. The number of hydrogen-bond acceptors (Lipinski definition) is 3. The standard InChI is InChI=1S/C14H16BrNO3S/c1-2-7-16(9-11-3-4-11)20(18,19)14-6-5-12(10-17)8-13(14)15/h1,5-6,8,11,17H,3-4,7,9-10H2. The zero-order valence-electron chi connectivity index (χ0n) is 10.9. The first-order chi connectivity index (χ1) is 9.48. The molecule has 4 nitrogen and oxygen atoms in total. The fourth-order valence-electron chi connectivity index (χ4n) is 1.93. The van der Waals surface area contributed by atoms with Gasteiger partial charge in [0.1, 0.15) is 0 Å². The molecule has 0 bridgehead atoms. The number of terminal acetylenes is 1. The average molecular weight is 358 g/mol. The van der Waals surface area contributed by atoms with E-state index in [1.165, 1.54) is 10.4 Å². The summed E-state index contributed by atoms with van der Waals surface area (Å²) in [6, 6.07) is 4.71. The van der Waals surface area contributed by atoms with E-state index in [1.54, 1.807) is 12.1 Å². The summed E-state index contributed by atoms with van der Waals surface area (Å²) in [6.45, 7) is 0.419. The minimum absolute atomic E-state index is 0.0764. The van der Waals surface area contributed by atoms with Crippen LogP contribution >= 0.6 is 15.9 Å². The van der Waals surface area contributed by atoms with Crippen LogP contribution in [-0.2, 0) is 16.6 Å². The summed E-state index contributed by atoms with van der Waals surface area (Å²) in [5.41, 5.74) is 0.654. The van der Waals surface area contributed by atoms with Gasteiger partial charge in [0, 0.05) is 11.0 Å². The molecule has 1 aliphatic rings. The lowest BCUT2D eigenvalue weighted by Gasteiger charge is -2.20. The summed E-state index contributed by atoms with van der Waals surface area (Å²) in [6.07, 6.45) is 7.40. The number of rotatable bonds is 6. The van der Waals surface area contributed by atoms with Crippen LogP contribution in [0.15, 0.2) is 27.6 Å². The molecule has 0 amide bonds. The van der Waals surface area contributed by atoms with Crippen molar-refractivity contribution < 1.29 is 13.5 Å². The van der Waals surface area contributed by atoms with Crippen molar-refractivity contribution in [2.45, 2.75) is 24.3 Å². The van der Waals surface area contributed by atoms with Crippen LogP contribution in [0.3, 0.4) is 0 Å². The summed E-state index contributed by atoms with van der Waals surface area (Å²) in [7, 11) is -3.61. The van der Waals surface area contributed by atoms with Crippen molar-refractivity contribution >= 4 is 26.0 Å². The van der Waals surface area contributed by atoms with Crippen LogP contribution in [-0.4, -0.2) is 30.9 Å². The molecular weight excluding hydrogens is 342 g/mol. The van der Waals surface area contributed by atoms with E-state index >= 15 is 0 Å². The predicted molar refractivity (Wildman–Crippen MR) is 80.4 cm³/mol. The van der Waals surface area contributed by atoms with Crippen molar-refractivity contribution in [3.8, 4) is 12.3 Å². The molecule has 1 N–H and O–H groups in total. The Kier molecular flexibility index (Phi) is 4.86. The number of halogens is 1. The highest BCUT2D eigenvalue weighted by Crippen LogP contribution is 2.33. The Morgan fingerprint density at radius 2 is 2.15 bits per heavy atom. The summed E-state index contributed by atoms with van der Waals surface area (Å²) in [5.74, 6) is 2.83. The Bertz CT molecular complexity index is 632. The van der Waals surface area contributed by atoms with Crippen molar-refractivity contribution in [2.24, 2.45) is 5.92 Å². The van der Waals surface area contributed by atoms with Crippen molar-refractivity contribution in [1.82, 2.24) is 4.31 Å². The lowest BCUT2D eigenvalue weighted by molar-refractivity contribution is 0.281. The van der Waals surface area contributed by atoms with Crippen LogP contribution in [0.2, 0.25) is 0 Å². The van der Waals surface area contributed by atoms with Gasteiger partial charge in [-0.3, -0.25) is 0 Å². The van der Waals surface area contributed by atoms with Gasteiger partial charge in [-0.1, -0.05) is 12.0 Å². The third-order valence-corrected chi connectivity index (χ3v) is 6.01. The third-order valence-electron chi connectivity index (χ3n) is 3.22. The molecule has 0 aromatic heterocycles. The second kappa shape index (κ2) is 6.27. The molecule has 0 heterocycles. The molecule has 1 aliphatic carbocycles. The molecule has 1 fully saturated rings. The van der Waals surface area contributed by atoms with Gasteiger partial charge in [0.05, 0.1) is 18.0 Å². The quantitative estimate of drug-likeness (QED) is 0.792. The fraction of sp³-hybridized carbons (Fsp3) is 0.429. The van der Waals surface area contributed by atoms with Crippen LogP contribution < -0.4 is 0 Å². The van der Waals surface area contributed by atoms with Gasteiger partial charge in [0.15, 0.2) is 0 Å². The molecule has 0 spiro atoms. The van der Waals surface area contributed by atoms with Gasteiger partial charge >= 0.3 is 0 Å². The van der Waals surface area contributed by atoms with Gasteiger partial charge < -0.3 is 5.11 Å². The molecule has 108 valence electrons. The zero-order chi connectivity index (χ0) is 14.8. The second-order valence-corrected chi connectivity index (χ2v) is 7.63. The monoisotopic (exact) mass is 357 g/mol. The number of sulfonamides is 1. The predicted octanol–water partition coefficient (Wildman–Crippen LogP) is 1.98. The van der Waals surface area contributed by atoms with Gasteiger partial charge in [0.25, 0.3) is 0 Å². The van der Waals surface area contributed by atoms with Crippen LogP contribution in [0.5, 0.6) is 0 Å². The first kappa shape index (κ1) is 15.5. The van der Waals surface area contributed by atoms with Gasteiger partial charge in [0.2, 0.25) is 10.0 Å². The highest BCUT2D eigenvalue weighted by Gasteiger charge is 2.32. The van der Waals surface area contributed by atoms with E-state index in [0.29, 0.717) is 22.5 Å². The molecule has 1 aromatic rings. The lowest BCUT2D eigenvalue weighted by atomic mass is 10.2. The van der Waals surface area contributed by atoms with Gasteiger partial charge in [-0.2, -0.15) is 4.31 Å². The molecule has 0 aliphatic heterocycles. The molecule has 0 radical (unpaired) electrons. The van der Waals surface area contributed by atoms with Crippen LogP contribution in [0.4, 0.5) is 0 Å². The van der Waals surface area contributed by atoms with E-state index in [9.17, 15) is 8.42 Å². The third kappa shape index (κ3) is 3.41. The zero-order valence-corrected chi connectivity index (χ0v) is 13.3. The Labute approximate surface area is 128 Å². The Morgan fingerprint density at radius 3 is 2.65 bits per heavy atom. The average Bonchev–Trinajstić information content (AvgIpc) is 3.21. The van der Waals surface area contributed by atoms with Gasteiger partial charge in [-0.15, -0.1) is 6.42 Å². The molecule has 0 unspecified atom stereocenters. The topological polar surface area (TPSA) is 57.6 Å². The Morgan fingerprint density at radius 1 is 1.45 bits per heavy atom. The van der Waals surface area contributed by atoms with Crippen molar-refractivity contribution in [3.63, 3.8) is 0 Å². The summed E-state index contributed by atoms with van der Waals surface area (Å²) in [5, 5.41) is 9.07. The molecule has 1 aromatic carbocycles. The highest BCUT2D eigenvalue weighted by atomic mass is 79.9. The van der Waals surface area contributed by atoms with Crippen LogP contribution in [0.1, 0.15) is 18.4 Å². The van der Waals surface area contributed by atoms with E-state index in [-0.39, 0.29) is 18.0 Å². The van der Waals surface area contributed by atoms with E-state index in [2.05, 4.69) is 21.9 Å². The van der Waals surface area contributed by atoms with Crippen LogP contribution in [0.25, 0.3) is 0 Å². The first-order valence-corrected chi connectivity index (χ1v) is 8.55. The largest absolute Gasteiger partial charge is 0.392 e. The van der Waals surface area contributed by atoms with E-state index in [0.717, 1.165) is 12.8 Å². The van der Waals surface area contributed by atoms with Crippen LogP contribution in [0, 0.1) is 18.3 Å². The van der Waals surface area contributed by atoms with E-state index < -0.39 is 10.0 Å². The molecule has 6 heteroatoms. The number of hydrogen-bond donors (Lipinski definition) is 1. The minimum atomic E-state index is -3.61. The maximum absolute atomic E-state index is 12.6. The molecule has 0 atom stereocenters. The van der Waals surface area contributed by atoms with Gasteiger partial charge in [-0.05, 0) is 52.4 Å². The maximum atomic E-state index is 12.6. The minimum Gasteiger partial charge on any atom is -0.392 e. The summed E-state index contributed by atoms with van der Waals surface area (Å²) in [4.78, 5) is 0.186. The number of nitrogens with zero attached hydrogens (tertiary/aromatic N) is 1. The molecule has 2 rings (SSSR count). The SMILES string of the molecule is C#CCN(CC1CC1)S(=O)(=O)c1ccc(CO)cc1Br. The van der Waals surface area contributed by atoms with Gasteiger partial charge in [-0.25, -0.2) is 8.42 Å². The molecular formula is C14H16BrNO3S. The normalized spacial score (nSPS) is 15.3. The van der Waals surface area contributed by atoms with Crippen molar-refractivity contribution in [3.05, 3.63) is 28.2 Å². The molecule has 0 saturated heterocycles. The molecule has 1 saturated carbocycles. The highest BCUT2D eigenvalue weighted by molar-refractivity contribution is 9.10. The first-order valence-electron chi connectivity index (χ1n) is 6.32.